The number of hydrogen-bond donors (Lipinski definition) is 3. The van der Waals surface area contributed by atoms with Gasteiger partial charge in [-0.05, 0) is 29.8 Å². The van der Waals surface area contributed by atoms with Crippen LogP contribution in [0.5, 0.6) is 0 Å². The second-order valence-corrected chi connectivity index (χ2v) is 4.57. The topological polar surface area (TPSA) is 81.1 Å². The van der Waals surface area contributed by atoms with E-state index in [1.807, 2.05) is 0 Å². The van der Waals surface area contributed by atoms with Gasteiger partial charge in [0.2, 0.25) is 0 Å². The second kappa shape index (κ2) is 6.09. The fourth-order valence-electron chi connectivity index (χ4n) is 1.97. The molecule has 4 nitrogen and oxygen atoms in total. The van der Waals surface area contributed by atoms with Crippen molar-refractivity contribution in [1.29, 1.82) is 0 Å². The molecule has 0 spiro atoms. The van der Waals surface area contributed by atoms with Crippen LogP contribution in [0.4, 0.5) is 15.8 Å². The molecule has 0 saturated heterocycles. The maximum atomic E-state index is 12.9. The van der Waals surface area contributed by atoms with Crippen molar-refractivity contribution < 1.29 is 9.18 Å². The Balaban J connectivity index is 2.28. The van der Waals surface area contributed by atoms with Crippen LogP contribution in [0.3, 0.4) is 0 Å². The summed E-state index contributed by atoms with van der Waals surface area (Å²) in [5.41, 5.74) is 13.9. The molecular weight excluding hydrogens is 269 g/mol. The minimum atomic E-state index is -0.698. The zero-order valence-corrected chi connectivity index (χ0v) is 11.4. The lowest BCUT2D eigenvalue weighted by Gasteiger charge is -2.11. The van der Waals surface area contributed by atoms with Gasteiger partial charge in [0, 0.05) is 28.2 Å². The van der Waals surface area contributed by atoms with Crippen LogP contribution in [0.1, 0.15) is 21.5 Å². The number of halogens is 1. The first-order valence-electron chi connectivity index (χ1n) is 6.32. The third-order valence-corrected chi connectivity index (χ3v) is 3.06. The van der Waals surface area contributed by atoms with Crippen molar-refractivity contribution in [3.05, 3.63) is 65.7 Å². The van der Waals surface area contributed by atoms with Crippen molar-refractivity contribution in [1.82, 2.24) is 0 Å². The Bertz CT molecular complexity index is 698. The fraction of sp³-hybridized carbons (Fsp3) is 0.0625. The predicted molar refractivity (Wildman–Crippen MR) is 83.3 cm³/mol. The Hall–Kier alpha value is -2.82. The molecule has 0 aliphatic carbocycles. The third kappa shape index (κ3) is 3.20. The van der Waals surface area contributed by atoms with Crippen LogP contribution < -0.4 is 16.8 Å². The number of nitrogens with one attached hydrogen (secondary N) is 1. The predicted octanol–water partition coefficient (Wildman–Crippen LogP) is 2.92. The minimum absolute atomic E-state index is 0.296. The van der Waals surface area contributed by atoms with Crippen LogP contribution in [0.15, 0.2) is 49.0 Å². The highest BCUT2D eigenvalue weighted by Crippen LogP contribution is 2.22. The average molecular weight is 285 g/mol. The van der Waals surface area contributed by atoms with Gasteiger partial charge in [-0.3, -0.25) is 4.79 Å². The average Bonchev–Trinajstić information content (AvgIpc) is 2.48. The molecule has 2 aromatic carbocycles. The molecule has 108 valence electrons. The van der Waals surface area contributed by atoms with Crippen molar-refractivity contribution in [2.24, 2.45) is 5.73 Å². The SMILES string of the molecule is C=C(N)c1cc(NC(=O)c2ccccc2CF)ccc1N. The van der Waals surface area contributed by atoms with Crippen LogP contribution in [0.25, 0.3) is 5.70 Å². The van der Waals surface area contributed by atoms with E-state index >= 15 is 0 Å². The van der Waals surface area contributed by atoms with Crippen LogP contribution in [-0.4, -0.2) is 5.91 Å². The van der Waals surface area contributed by atoms with E-state index in [2.05, 4.69) is 11.9 Å². The lowest BCUT2D eigenvalue weighted by atomic mass is 10.1. The summed E-state index contributed by atoms with van der Waals surface area (Å²) in [6, 6.07) is 11.4. The van der Waals surface area contributed by atoms with Gasteiger partial charge in [0.1, 0.15) is 6.67 Å². The molecule has 1 amide bonds. The summed E-state index contributed by atoms with van der Waals surface area (Å²) < 4.78 is 12.9. The summed E-state index contributed by atoms with van der Waals surface area (Å²) in [6.07, 6.45) is 0. The van der Waals surface area contributed by atoms with E-state index < -0.39 is 6.67 Å². The number of hydrogen-bond acceptors (Lipinski definition) is 3. The summed E-state index contributed by atoms with van der Waals surface area (Å²) in [5.74, 6) is -0.387. The maximum absolute atomic E-state index is 12.9. The molecule has 0 aliphatic rings. The van der Waals surface area contributed by atoms with E-state index in [1.165, 1.54) is 0 Å². The van der Waals surface area contributed by atoms with E-state index in [-0.39, 0.29) is 5.91 Å². The van der Waals surface area contributed by atoms with Crippen LogP contribution in [-0.2, 0) is 6.67 Å². The van der Waals surface area contributed by atoms with Gasteiger partial charge in [-0.2, -0.15) is 0 Å². The van der Waals surface area contributed by atoms with Gasteiger partial charge in [-0.25, -0.2) is 4.39 Å². The molecule has 0 heterocycles. The normalized spacial score (nSPS) is 10.1. The molecule has 0 aliphatic heterocycles. The molecule has 2 rings (SSSR count). The van der Waals surface area contributed by atoms with E-state index in [4.69, 9.17) is 11.5 Å². The minimum Gasteiger partial charge on any atom is -0.399 e. The lowest BCUT2D eigenvalue weighted by Crippen LogP contribution is -2.14. The molecule has 0 radical (unpaired) electrons. The molecule has 0 bridgehead atoms. The number of carbonyl (C=O) groups excluding carboxylic acids is 1. The molecule has 5 N–H and O–H groups in total. The quantitative estimate of drug-likeness (QED) is 0.755. The molecule has 21 heavy (non-hydrogen) atoms. The van der Waals surface area contributed by atoms with Gasteiger partial charge in [-0.15, -0.1) is 0 Å². The van der Waals surface area contributed by atoms with Crippen molar-refractivity contribution in [3.8, 4) is 0 Å². The number of nitrogen functional groups attached to an aromatic ring is 1. The monoisotopic (exact) mass is 285 g/mol. The van der Waals surface area contributed by atoms with E-state index in [0.29, 0.717) is 33.8 Å². The summed E-state index contributed by atoms with van der Waals surface area (Å²) in [7, 11) is 0. The highest BCUT2D eigenvalue weighted by atomic mass is 19.1. The van der Waals surface area contributed by atoms with Gasteiger partial charge in [0.05, 0.1) is 0 Å². The highest BCUT2D eigenvalue weighted by molar-refractivity contribution is 6.05. The van der Waals surface area contributed by atoms with Gasteiger partial charge in [-0.1, -0.05) is 24.8 Å². The lowest BCUT2D eigenvalue weighted by molar-refractivity contribution is 0.102. The zero-order chi connectivity index (χ0) is 15.4. The molecule has 0 atom stereocenters. The largest absolute Gasteiger partial charge is 0.399 e. The zero-order valence-electron chi connectivity index (χ0n) is 11.4. The Morgan fingerprint density at radius 2 is 1.90 bits per heavy atom. The fourth-order valence-corrected chi connectivity index (χ4v) is 1.97. The van der Waals surface area contributed by atoms with Crippen molar-refractivity contribution >= 4 is 23.0 Å². The third-order valence-electron chi connectivity index (χ3n) is 3.06. The van der Waals surface area contributed by atoms with Gasteiger partial charge in [0.25, 0.3) is 5.91 Å². The second-order valence-electron chi connectivity index (χ2n) is 4.57. The smallest absolute Gasteiger partial charge is 0.256 e. The molecule has 0 fully saturated rings. The maximum Gasteiger partial charge on any atom is 0.256 e. The molecule has 0 saturated carbocycles. The number of rotatable bonds is 4. The molecule has 0 unspecified atom stereocenters. The number of amides is 1. The number of nitrogens with two attached hydrogens (primary N) is 2. The Morgan fingerprint density at radius 1 is 1.19 bits per heavy atom. The first-order valence-corrected chi connectivity index (χ1v) is 6.32. The summed E-state index contributed by atoms with van der Waals surface area (Å²) in [6.45, 7) is 2.93. The molecular formula is C16H16FN3O. The van der Waals surface area contributed by atoms with E-state index in [1.54, 1.807) is 42.5 Å². The first-order chi connectivity index (χ1) is 10.0. The summed E-state index contributed by atoms with van der Waals surface area (Å²) >= 11 is 0. The molecule has 2 aromatic rings. The van der Waals surface area contributed by atoms with Crippen molar-refractivity contribution in [3.63, 3.8) is 0 Å². The van der Waals surface area contributed by atoms with Crippen molar-refractivity contribution in [2.75, 3.05) is 11.1 Å². The van der Waals surface area contributed by atoms with Gasteiger partial charge in [0.15, 0.2) is 0 Å². The molecule has 5 heteroatoms. The van der Waals surface area contributed by atoms with Gasteiger partial charge < -0.3 is 16.8 Å². The Kier molecular flexibility index (Phi) is 4.23. The van der Waals surface area contributed by atoms with Crippen molar-refractivity contribution in [2.45, 2.75) is 6.67 Å². The first kappa shape index (κ1) is 14.6. The standard InChI is InChI=1S/C16H16FN3O/c1-10(18)14-8-12(6-7-15(14)19)20-16(21)13-5-3-2-4-11(13)9-17/h2-8H,1,9,18-19H2,(H,20,21). The number of alkyl halides is 1. The van der Waals surface area contributed by atoms with Crippen LogP contribution in [0, 0.1) is 0 Å². The Labute approximate surface area is 122 Å². The van der Waals surface area contributed by atoms with Gasteiger partial charge >= 0.3 is 0 Å². The number of carbonyl (C=O) groups is 1. The summed E-state index contributed by atoms with van der Waals surface area (Å²) in [4.78, 5) is 12.2. The van der Waals surface area contributed by atoms with Crippen LogP contribution in [0.2, 0.25) is 0 Å². The Morgan fingerprint density at radius 3 is 2.57 bits per heavy atom. The molecule has 0 aromatic heterocycles. The highest BCUT2D eigenvalue weighted by Gasteiger charge is 2.12. The summed E-state index contributed by atoms with van der Waals surface area (Å²) in [5, 5.41) is 2.70. The van der Waals surface area contributed by atoms with E-state index in [0.717, 1.165) is 0 Å². The number of benzene rings is 2. The van der Waals surface area contributed by atoms with Crippen LogP contribution >= 0.6 is 0 Å². The number of anilines is 2. The van der Waals surface area contributed by atoms with E-state index in [9.17, 15) is 9.18 Å².